The van der Waals surface area contributed by atoms with Crippen LogP contribution >= 0.6 is 0 Å². The maximum atomic E-state index is 8.65. The number of unbranched alkanes of at least 4 members (excludes halogenated alkanes) is 8. The van der Waals surface area contributed by atoms with Crippen molar-refractivity contribution in [2.24, 2.45) is 0 Å². The summed E-state index contributed by atoms with van der Waals surface area (Å²) >= 11 is 0.515. The van der Waals surface area contributed by atoms with Crippen molar-refractivity contribution < 1.29 is 5.11 Å². The third-order valence-corrected chi connectivity index (χ3v) is 4.59. The second-order valence-electron chi connectivity index (χ2n) is 4.58. The van der Waals surface area contributed by atoms with Gasteiger partial charge in [-0.3, -0.25) is 0 Å². The van der Waals surface area contributed by atoms with E-state index < -0.39 is 0 Å². The zero-order chi connectivity index (χ0) is 12.9. The molecule has 18 heavy (non-hydrogen) atoms. The molecule has 0 amide bonds. The van der Waals surface area contributed by atoms with Gasteiger partial charge in [-0.2, -0.15) is 0 Å². The molecule has 1 aromatic rings. The topological polar surface area (TPSA) is 20.2 Å². The first-order valence-electron chi connectivity index (χ1n) is 7.06. The Labute approximate surface area is 117 Å². The van der Waals surface area contributed by atoms with Gasteiger partial charge in [-0.25, -0.2) is 0 Å². The fourth-order valence-corrected chi connectivity index (χ4v) is 3.13. The van der Waals surface area contributed by atoms with Crippen molar-refractivity contribution in [2.75, 3.05) is 6.61 Å². The quantitative estimate of drug-likeness (QED) is 0.420. The molecule has 2 heteroatoms. The van der Waals surface area contributed by atoms with Gasteiger partial charge in [0, 0.05) is 6.61 Å². The maximum absolute atomic E-state index is 8.65. The molecule has 1 nitrogen and oxygen atoms in total. The normalized spacial score (nSPS) is 10.1. The standard InChI is InChI=1S/C16H24OSe/c17-14-10-8-6-4-2-1-3-5-7-9-12-16-13-11-15-18-16/h11,13,15,17H,1-8,10,14H2. The van der Waals surface area contributed by atoms with Crippen molar-refractivity contribution >= 4 is 14.5 Å². The molecule has 0 fully saturated rings. The van der Waals surface area contributed by atoms with E-state index in [9.17, 15) is 0 Å². The fourth-order valence-electron chi connectivity index (χ4n) is 1.89. The molecular weight excluding hydrogens is 287 g/mol. The number of rotatable bonds is 9. The van der Waals surface area contributed by atoms with Gasteiger partial charge < -0.3 is 5.11 Å². The van der Waals surface area contributed by atoms with Gasteiger partial charge in [-0.1, -0.05) is 0 Å². The SMILES string of the molecule is OCCCCCCCCCCC#Cc1ccc[se]1. The van der Waals surface area contributed by atoms with Gasteiger partial charge in [0.2, 0.25) is 0 Å². The Morgan fingerprint density at radius 1 is 0.944 bits per heavy atom. The van der Waals surface area contributed by atoms with Crippen LogP contribution in [0.25, 0.3) is 0 Å². The fraction of sp³-hybridized carbons (Fsp3) is 0.625. The van der Waals surface area contributed by atoms with Crippen LogP contribution in [0.2, 0.25) is 0 Å². The number of hydrogen-bond acceptors (Lipinski definition) is 1. The van der Waals surface area contributed by atoms with Crippen LogP contribution in [0.4, 0.5) is 0 Å². The molecule has 0 unspecified atom stereocenters. The van der Waals surface area contributed by atoms with E-state index in [2.05, 4.69) is 28.9 Å². The molecule has 0 aliphatic heterocycles. The first-order chi connectivity index (χ1) is 8.93. The Balaban J connectivity index is 1.84. The first kappa shape index (κ1) is 15.6. The molecule has 1 rings (SSSR count). The van der Waals surface area contributed by atoms with E-state index in [0.29, 0.717) is 21.1 Å². The van der Waals surface area contributed by atoms with Crippen LogP contribution in [0.3, 0.4) is 0 Å². The molecule has 0 aliphatic rings. The summed E-state index contributed by atoms with van der Waals surface area (Å²) in [6, 6.07) is 4.25. The van der Waals surface area contributed by atoms with Crippen molar-refractivity contribution in [1.29, 1.82) is 0 Å². The van der Waals surface area contributed by atoms with Crippen LogP contribution in [-0.2, 0) is 0 Å². The Morgan fingerprint density at radius 2 is 1.61 bits per heavy atom. The molecule has 1 heterocycles. The molecule has 0 radical (unpaired) electrons. The van der Waals surface area contributed by atoms with Crippen molar-refractivity contribution in [1.82, 2.24) is 0 Å². The summed E-state index contributed by atoms with van der Waals surface area (Å²) < 4.78 is 1.33. The van der Waals surface area contributed by atoms with Gasteiger partial charge in [0.25, 0.3) is 0 Å². The van der Waals surface area contributed by atoms with Gasteiger partial charge >= 0.3 is 106 Å². The Kier molecular flexibility index (Phi) is 10.0. The molecule has 0 aliphatic carbocycles. The van der Waals surface area contributed by atoms with Crippen LogP contribution in [0, 0.1) is 11.8 Å². The second-order valence-corrected chi connectivity index (χ2v) is 6.57. The molecule has 0 saturated carbocycles. The van der Waals surface area contributed by atoms with E-state index in [1.165, 1.54) is 49.4 Å². The zero-order valence-corrected chi connectivity index (χ0v) is 12.9. The molecule has 1 aromatic heterocycles. The number of aliphatic hydroxyl groups excluding tert-OH is 1. The second kappa shape index (κ2) is 11.6. The summed E-state index contributed by atoms with van der Waals surface area (Å²) in [6.45, 7) is 0.353. The predicted molar refractivity (Wildman–Crippen MR) is 78.9 cm³/mol. The molecule has 1 N–H and O–H groups in total. The van der Waals surface area contributed by atoms with Crippen LogP contribution in [-0.4, -0.2) is 26.2 Å². The van der Waals surface area contributed by atoms with Crippen molar-refractivity contribution in [2.45, 2.75) is 57.8 Å². The Hall–Kier alpha value is -0.481. The average molecular weight is 311 g/mol. The van der Waals surface area contributed by atoms with Crippen LogP contribution in [0.1, 0.15) is 62.2 Å². The number of aliphatic hydroxyl groups is 1. The average Bonchev–Trinajstić information content (AvgIpc) is 2.89. The summed E-state index contributed by atoms with van der Waals surface area (Å²) in [4.78, 5) is 2.22. The predicted octanol–water partition coefficient (Wildman–Crippen LogP) is 3.60. The van der Waals surface area contributed by atoms with Gasteiger partial charge in [-0.05, 0) is 0 Å². The van der Waals surface area contributed by atoms with E-state index >= 15 is 0 Å². The molecule has 0 atom stereocenters. The van der Waals surface area contributed by atoms with E-state index in [0.717, 1.165) is 12.8 Å². The third kappa shape index (κ3) is 8.59. The molecule has 0 bridgehead atoms. The van der Waals surface area contributed by atoms with Gasteiger partial charge in [-0.15, -0.1) is 0 Å². The number of hydrogen-bond donors (Lipinski definition) is 1. The summed E-state index contributed by atoms with van der Waals surface area (Å²) in [5.74, 6) is 6.54. The van der Waals surface area contributed by atoms with Crippen LogP contribution < -0.4 is 0 Å². The summed E-state index contributed by atoms with van der Waals surface area (Å²) in [5, 5.41) is 8.65. The van der Waals surface area contributed by atoms with Crippen molar-refractivity contribution in [3.63, 3.8) is 0 Å². The molecule has 0 aromatic carbocycles. The van der Waals surface area contributed by atoms with E-state index in [-0.39, 0.29) is 0 Å². The van der Waals surface area contributed by atoms with E-state index in [1.54, 1.807) is 0 Å². The van der Waals surface area contributed by atoms with E-state index in [4.69, 9.17) is 5.11 Å². The summed E-state index contributed by atoms with van der Waals surface area (Å²) in [5.41, 5.74) is 0. The minimum atomic E-state index is 0.353. The third-order valence-electron chi connectivity index (χ3n) is 2.94. The van der Waals surface area contributed by atoms with Crippen LogP contribution in [0.15, 0.2) is 17.1 Å². The molecule has 100 valence electrons. The van der Waals surface area contributed by atoms with Crippen molar-refractivity contribution in [3.8, 4) is 11.8 Å². The van der Waals surface area contributed by atoms with Crippen molar-refractivity contribution in [3.05, 3.63) is 21.5 Å². The molecule has 0 spiro atoms. The van der Waals surface area contributed by atoms with Gasteiger partial charge in [0.05, 0.1) is 0 Å². The Bertz CT molecular complexity index is 332. The first-order valence-corrected chi connectivity index (χ1v) is 8.91. The molecular formula is C16H24OSe. The van der Waals surface area contributed by atoms with Gasteiger partial charge in [0.1, 0.15) is 0 Å². The summed E-state index contributed by atoms with van der Waals surface area (Å²) in [6.07, 6.45) is 11.1. The van der Waals surface area contributed by atoms with Crippen LogP contribution in [0.5, 0.6) is 0 Å². The van der Waals surface area contributed by atoms with E-state index in [1.807, 2.05) is 0 Å². The van der Waals surface area contributed by atoms with Gasteiger partial charge in [0.15, 0.2) is 0 Å². The monoisotopic (exact) mass is 312 g/mol. The minimum absolute atomic E-state index is 0.353. The zero-order valence-electron chi connectivity index (χ0n) is 11.2. The molecule has 0 saturated heterocycles. The Morgan fingerprint density at radius 3 is 2.22 bits per heavy atom. The summed E-state index contributed by atoms with van der Waals surface area (Å²) in [7, 11) is 0.